The van der Waals surface area contributed by atoms with Crippen LogP contribution in [-0.2, 0) is 4.79 Å². The molecule has 28 heavy (non-hydrogen) atoms. The average Bonchev–Trinajstić information content (AvgIpc) is 2.70. The number of rotatable bonds is 7. The smallest absolute Gasteiger partial charge is 0.335 e. The number of amides is 1. The van der Waals surface area contributed by atoms with Crippen molar-refractivity contribution in [3.63, 3.8) is 0 Å². The molecule has 9 heteroatoms. The van der Waals surface area contributed by atoms with Crippen LogP contribution in [0.2, 0.25) is 0 Å². The quantitative estimate of drug-likeness (QED) is 0.240. The van der Waals surface area contributed by atoms with Gasteiger partial charge in [0.25, 0.3) is 0 Å². The minimum atomic E-state index is -1.12. The van der Waals surface area contributed by atoms with Gasteiger partial charge in [-0.2, -0.15) is 0 Å². The van der Waals surface area contributed by atoms with Gasteiger partial charge in [-0.25, -0.2) is 15.1 Å². The van der Waals surface area contributed by atoms with Crippen LogP contribution < -0.4 is 11.2 Å². The monoisotopic (exact) mass is 383 g/mol. The maximum atomic E-state index is 11.7. The molecule has 0 saturated carbocycles. The summed E-state index contributed by atoms with van der Waals surface area (Å²) in [6.45, 7) is 0. The first kappa shape index (κ1) is 20.3. The third kappa shape index (κ3) is 4.59. The fourth-order valence-electron chi connectivity index (χ4n) is 2.44. The van der Waals surface area contributed by atoms with E-state index in [1.807, 2.05) is 0 Å². The van der Waals surface area contributed by atoms with E-state index < -0.39 is 24.3 Å². The molecule has 0 bridgehead atoms. The minimum Gasteiger partial charge on any atom is -0.478 e. The van der Waals surface area contributed by atoms with Crippen LogP contribution in [0, 0.1) is 5.41 Å². The molecule has 144 valence electrons. The van der Waals surface area contributed by atoms with Crippen molar-refractivity contribution in [2.45, 2.75) is 6.42 Å². The molecule has 1 amide bonds. The number of hydrogen-bond donors (Lipinski definition) is 6. The Kier molecular flexibility index (Phi) is 6.25. The van der Waals surface area contributed by atoms with Gasteiger partial charge in [-0.05, 0) is 35.4 Å². The fourth-order valence-corrected chi connectivity index (χ4v) is 2.44. The molecule has 0 atom stereocenters. The number of carboxylic acids is 2. The topological polar surface area (TPSA) is 174 Å². The molecule has 0 fully saturated rings. The zero-order valence-corrected chi connectivity index (χ0v) is 14.5. The summed E-state index contributed by atoms with van der Waals surface area (Å²) in [7, 11) is 0. The van der Waals surface area contributed by atoms with Gasteiger partial charge >= 0.3 is 11.9 Å². The van der Waals surface area contributed by atoms with E-state index in [-0.39, 0.29) is 28.1 Å². The summed E-state index contributed by atoms with van der Waals surface area (Å²) >= 11 is 0. The van der Waals surface area contributed by atoms with Crippen molar-refractivity contribution in [1.82, 2.24) is 5.48 Å². The molecule has 0 radical (unpaired) electrons. The highest BCUT2D eigenvalue weighted by Gasteiger charge is 2.18. The van der Waals surface area contributed by atoms with E-state index in [1.165, 1.54) is 54.0 Å². The lowest BCUT2D eigenvalue weighted by Crippen LogP contribution is -2.23. The van der Waals surface area contributed by atoms with Crippen LogP contribution in [0.3, 0.4) is 0 Å². The van der Waals surface area contributed by atoms with E-state index in [0.717, 1.165) is 0 Å². The number of benzene rings is 2. The molecule has 2 aromatic carbocycles. The zero-order valence-electron chi connectivity index (χ0n) is 14.5. The third-order valence-electron chi connectivity index (χ3n) is 3.95. The SMILES string of the molecule is N=C(/C(CC(=O)NO)=C(\N)c1ccc(C(=O)O)cc1)c1ccc(C(=O)O)cc1. The summed E-state index contributed by atoms with van der Waals surface area (Å²) in [5.41, 5.74) is 8.37. The average molecular weight is 383 g/mol. The predicted molar refractivity (Wildman–Crippen MR) is 99.3 cm³/mol. The number of nitrogens with two attached hydrogens (primary N) is 1. The van der Waals surface area contributed by atoms with Gasteiger partial charge in [0.15, 0.2) is 0 Å². The van der Waals surface area contributed by atoms with Crippen molar-refractivity contribution >= 4 is 29.3 Å². The maximum absolute atomic E-state index is 11.7. The van der Waals surface area contributed by atoms with Crippen molar-refractivity contribution in [2.75, 3.05) is 0 Å². The molecular weight excluding hydrogens is 366 g/mol. The first-order valence-corrected chi connectivity index (χ1v) is 7.92. The first-order chi connectivity index (χ1) is 13.2. The molecule has 0 aliphatic carbocycles. The van der Waals surface area contributed by atoms with Crippen LogP contribution in [-0.4, -0.2) is 39.0 Å². The highest BCUT2D eigenvalue weighted by atomic mass is 16.5. The molecule has 9 nitrogen and oxygen atoms in total. The highest BCUT2D eigenvalue weighted by Crippen LogP contribution is 2.21. The summed E-state index contributed by atoms with van der Waals surface area (Å²) in [4.78, 5) is 33.6. The van der Waals surface area contributed by atoms with Crippen molar-refractivity contribution < 1.29 is 29.8 Å². The van der Waals surface area contributed by atoms with Crippen LogP contribution in [0.15, 0.2) is 54.1 Å². The number of carboxylic acid groups (broad SMARTS) is 2. The molecular formula is C19H17N3O6. The summed E-state index contributed by atoms with van der Waals surface area (Å²) < 4.78 is 0. The molecule has 2 rings (SSSR count). The Hall–Kier alpha value is -3.98. The van der Waals surface area contributed by atoms with Crippen LogP contribution in [0.5, 0.6) is 0 Å². The van der Waals surface area contributed by atoms with Crippen LogP contribution >= 0.6 is 0 Å². The fraction of sp³-hybridized carbons (Fsp3) is 0.0526. The Morgan fingerprint density at radius 1 is 0.821 bits per heavy atom. The van der Waals surface area contributed by atoms with E-state index >= 15 is 0 Å². The second-order valence-electron chi connectivity index (χ2n) is 5.74. The third-order valence-corrected chi connectivity index (χ3v) is 3.95. The Morgan fingerprint density at radius 3 is 1.61 bits per heavy atom. The normalized spacial score (nSPS) is 11.3. The standard InChI is InChI=1S/C19H17N3O6/c20-16(10-1-5-12(6-2-10)18(24)25)14(9-15(23)22-28)17(21)11-3-7-13(8-4-11)19(26)27/h1-8,20,28H,9,21H2,(H,22,23)(H,24,25)(H,26,27)/b17-14-,20-16?. The Balaban J connectivity index is 2.48. The number of hydrogen-bond acceptors (Lipinski definition) is 6. The molecule has 2 aromatic rings. The van der Waals surface area contributed by atoms with Gasteiger partial charge in [0.1, 0.15) is 0 Å². The van der Waals surface area contributed by atoms with E-state index in [1.54, 1.807) is 0 Å². The maximum Gasteiger partial charge on any atom is 0.335 e. The number of aromatic carboxylic acids is 2. The Morgan fingerprint density at radius 2 is 1.21 bits per heavy atom. The van der Waals surface area contributed by atoms with Gasteiger partial charge in [-0.1, -0.05) is 24.3 Å². The zero-order chi connectivity index (χ0) is 20.8. The Bertz CT molecular complexity index is 962. The summed E-state index contributed by atoms with van der Waals surface area (Å²) in [6, 6.07) is 11.0. The Labute approximate surface area is 159 Å². The number of hydroxylamine groups is 1. The van der Waals surface area contributed by atoms with Crippen molar-refractivity contribution in [1.29, 1.82) is 5.41 Å². The van der Waals surface area contributed by atoms with E-state index in [2.05, 4.69) is 0 Å². The minimum absolute atomic E-state index is 0.0346. The highest BCUT2D eigenvalue weighted by molar-refractivity contribution is 6.16. The van der Waals surface area contributed by atoms with Crippen LogP contribution in [0.4, 0.5) is 0 Å². The summed E-state index contributed by atoms with van der Waals surface area (Å²) in [5.74, 6) is -3.03. The second kappa shape index (κ2) is 8.60. The van der Waals surface area contributed by atoms with E-state index in [4.69, 9.17) is 26.6 Å². The largest absolute Gasteiger partial charge is 0.478 e. The van der Waals surface area contributed by atoms with Gasteiger partial charge < -0.3 is 15.9 Å². The predicted octanol–water partition coefficient (Wildman–Crippen LogP) is 1.72. The molecule has 0 aliphatic heterocycles. The van der Waals surface area contributed by atoms with Gasteiger partial charge in [0, 0.05) is 11.3 Å². The molecule has 0 aliphatic rings. The van der Waals surface area contributed by atoms with Gasteiger partial charge in [0.05, 0.1) is 23.3 Å². The van der Waals surface area contributed by atoms with Crippen LogP contribution in [0.1, 0.15) is 38.3 Å². The molecule has 7 N–H and O–H groups in total. The van der Waals surface area contributed by atoms with E-state index in [9.17, 15) is 14.4 Å². The number of carbonyl (C=O) groups is 3. The number of nitrogens with one attached hydrogen (secondary N) is 2. The molecule has 0 saturated heterocycles. The lowest BCUT2D eigenvalue weighted by molar-refractivity contribution is -0.128. The molecule has 0 heterocycles. The van der Waals surface area contributed by atoms with Crippen molar-refractivity contribution in [2.24, 2.45) is 5.73 Å². The van der Waals surface area contributed by atoms with Gasteiger partial charge in [-0.3, -0.25) is 15.4 Å². The van der Waals surface area contributed by atoms with Gasteiger partial charge in [0.2, 0.25) is 5.91 Å². The summed E-state index contributed by atoms with van der Waals surface area (Å²) in [5, 5.41) is 35.1. The van der Waals surface area contributed by atoms with E-state index in [0.29, 0.717) is 11.1 Å². The van der Waals surface area contributed by atoms with Crippen LogP contribution in [0.25, 0.3) is 5.70 Å². The molecule has 0 aromatic heterocycles. The second-order valence-corrected chi connectivity index (χ2v) is 5.74. The van der Waals surface area contributed by atoms with Crippen molar-refractivity contribution in [3.8, 4) is 0 Å². The number of carbonyl (C=O) groups excluding carboxylic acids is 1. The summed E-state index contributed by atoms with van der Waals surface area (Å²) in [6.07, 6.45) is -0.414. The molecule has 0 spiro atoms. The first-order valence-electron chi connectivity index (χ1n) is 7.92. The lowest BCUT2D eigenvalue weighted by atomic mass is 9.94. The lowest BCUT2D eigenvalue weighted by Gasteiger charge is -2.14. The molecule has 0 unspecified atom stereocenters. The van der Waals surface area contributed by atoms with Gasteiger partial charge in [-0.15, -0.1) is 0 Å². The van der Waals surface area contributed by atoms with Crippen molar-refractivity contribution in [3.05, 3.63) is 76.4 Å².